The molecule has 15 heavy (non-hydrogen) atoms. The zero-order valence-electron chi connectivity index (χ0n) is 8.22. The summed E-state index contributed by atoms with van der Waals surface area (Å²) in [7, 11) is 0. The van der Waals surface area contributed by atoms with Crippen molar-refractivity contribution in [1.82, 2.24) is 0 Å². The van der Waals surface area contributed by atoms with Crippen molar-refractivity contribution in [1.29, 1.82) is 0 Å². The SMILES string of the molecule is CC1CSCc2c(Br)ccc(F)c2C1=O. The summed E-state index contributed by atoms with van der Waals surface area (Å²) in [6, 6.07) is 3.02. The van der Waals surface area contributed by atoms with Gasteiger partial charge in [0.1, 0.15) is 5.82 Å². The number of halogens is 2. The summed E-state index contributed by atoms with van der Waals surface area (Å²) in [6.07, 6.45) is 0. The van der Waals surface area contributed by atoms with Gasteiger partial charge in [-0.2, -0.15) is 11.8 Å². The second kappa shape index (κ2) is 4.26. The normalized spacial score (nSPS) is 21.0. The predicted octanol–water partition coefficient (Wildman–Crippen LogP) is 3.65. The van der Waals surface area contributed by atoms with Crippen LogP contribution in [0.4, 0.5) is 4.39 Å². The summed E-state index contributed by atoms with van der Waals surface area (Å²) in [5, 5.41) is 0. The highest BCUT2D eigenvalue weighted by Crippen LogP contribution is 2.33. The van der Waals surface area contributed by atoms with Crippen LogP contribution in [0.3, 0.4) is 0 Å². The van der Waals surface area contributed by atoms with Crippen molar-refractivity contribution >= 4 is 33.5 Å². The van der Waals surface area contributed by atoms with Gasteiger partial charge in [0.2, 0.25) is 0 Å². The summed E-state index contributed by atoms with van der Waals surface area (Å²) in [6.45, 7) is 1.85. The maximum absolute atomic E-state index is 13.6. The van der Waals surface area contributed by atoms with Crippen molar-refractivity contribution in [3.8, 4) is 0 Å². The summed E-state index contributed by atoms with van der Waals surface area (Å²) >= 11 is 5.04. The first-order chi connectivity index (χ1) is 7.11. The highest BCUT2D eigenvalue weighted by Gasteiger charge is 2.26. The van der Waals surface area contributed by atoms with E-state index in [1.54, 1.807) is 17.8 Å². The minimum Gasteiger partial charge on any atom is -0.294 e. The van der Waals surface area contributed by atoms with Gasteiger partial charge in [-0.3, -0.25) is 4.79 Å². The van der Waals surface area contributed by atoms with E-state index < -0.39 is 5.82 Å². The highest BCUT2D eigenvalue weighted by atomic mass is 79.9. The van der Waals surface area contributed by atoms with E-state index in [4.69, 9.17) is 0 Å². The number of ketones is 1. The molecule has 2 rings (SSSR count). The number of benzene rings is 1. The van der Waals surface area contributed by atoms with E-state index in [9.17, 15) is 9.18 Å². The van der Waals surface area contributed by atoms with Crippen LogP contribution in [0.1, 0.15) is 22.8 Å². The Hall–Kier alpha value is -0.350. The molecule has 80 valence electrons. The Morgan fingerprint density at radius 3 is 3.00 bits per heavy atom. The molecule has 0 radical (unpaired) electrons. The van der Waals surface area contributed by atoms with Crippen LogP contribution in [0, 0.1) is 11.7 Å². The molecule has 1 aliphatic rings. The number of rotatable bonds is 0. The lowest BCUT2D eigenvalue weighted by atomic mass is 9.97. The molecule has 0 amide bonds. The molecule has 1 aromatic carbocycles. The summed E-state index contributed by atoms with van der Waals surface area (Å²) < 4.78 is 14.4. The Morgan fingerprint density at radius 2 is 2.27 bits per heavy atom. The molecular formula is C11H10BrFOS. The van der Waals surface area contributed by atoms with Crippen LogP contribution in [-0.2, 0) is 5.75 Å². The molecule has 0 N–H and O–H groups in total. The molecule has 1 nitrogen and oxygen atoms in total. The average Bonchev–Trinajstić information content (AvgIpc) is 2.35. The van der Waals surface area contributed by atoms with E-state index in [0.29, 0.717) is 5.75 Å². The molecule has 0 fully saturated rings. The van der Waals surface area contributed by atoms with Crippen LogP contribution in [0.5, 0.6) is 0 Å². The Labute approximate surface area is 101 Å². The summed E-state index contributed by atoms with van der Waals surface area (Å²) in [5.41, 5.74) is 1.08. The largest absolute Gasteiger partial charge is 0.294 e. The number of thioether (sulfide) groups is 1. The van der Waals surface area contributed by atoms with Crippen molar-refractivity contribution in [3.63, 3.8) is 0 Å². The van der Waals surface area contributed by atoms with Gasteiger partial charge < -0.3 is 0 Å². The lowest BCUT2D eigenvalue weighted by Crippen LogP contribution is -2.14. The van der Waals surface area contributed by atoms with Gasteiger partial charge in [-0.1, -0.05) is 22.9 Å². The zero-order valence-corrected chi connectivity index (χ0v) is 10.6. The van der Waals surface area contributed by atoms with Gasteiger partial charge in [-0.25, -0.2) is 4.39 Å². The van der Waals surface area contributed by atoms with E-state index in [-0.39, 0.29) is 17.3 Å². The van der Waals surface area contributed by atoms with Gasteiger partial charge in [0.15, 0.2) is 5.78 Å². The third kappa shape index (κ3) is 1.97. The van der Waals surface area contributed by atoms with Crippen LogP contribution in [0.2, 0.25) is 0 Å². The maximum Gasteiger partial charge on any atom is 0.169 e. The molecule has 0 aromatic heterocycles. The number of Topliss-reactive ketones (excluding diaryl/α,β-unsaturated/α-hetero) is 1. The van der Waals surface area contributed by atoms with E-state index in [0.717, 1.165) is 15.8 Å². The standard InChI is InChI=1S/C11H10BrFOS/c1-6-4-15-5-7-8(12)2-3-9(13)10(7)11(6)14/h2-3,6H,4-5H2,1H3. The van der Waals surface area contributed by atoms with Crippen LogP contribution in [0.25, 0.3) is 0 Å². The summed E-state index contributed by atoms with van der Waals surface area (Å²) in [5.74, 6) is 0.893. The molecule has 1 aliphatic heterocycles. The fourth-order valence-corrected chi connectivity index (χ4v) is 3.44. The fraction of sp³-hybridized carbons (Fsp3) is 0.364. The average molecular weight is 289 g/mol. The molecule has 0 saturated heterocycles. The smallest absolute Gasteiger partial charge is 0.169 e. The van der Waals surface area contributed by atoms with Gasteiger partial charge in [0.25, 0.3) is 0 Å². The topological polar surface area (TPSA) is 17.1 Å². The van der Waals surface area contributed by atoms with Crippen molar-refractivity contribution in [2.75, 3.05) is 5.75 Å². The highest BCUT2D eigenvalue weighted by molar-refractivity contribution is 9.10. The lowest BCUT2D eigenvalue weighted by molar-refractivity contribution is 0.0938. The predicted molar refractivity (Wildman–Crippen MR) is 63.8 cm³/mol. The second-order valence-corrected chi connectivity index (χ2v) is 5.55. The Balaban J connectivity index is 2.62. The number of hydrogen-bond acceptors (Lipinski definition) is 2. The van der Waals surface area contributed by atoms with Crippen molar-refractivity contribution in [2.24, 2.45) is 5.92 Å². The minimum atomic E-state index is -0.396. The molecule has 1 heterocycles. The molecule has 0 saturated carbocycles. The quantitative estimate of drug-likeness (QED) is 0.725. The van der Waals surface area contributed by atoms with E-state index in [1.165, 1.54) is 6.07 Å². The third-order valence-electron chi connectivity index (χ3n) is 2.51. The van der Waals surface area contributed by atoms with Crippen LogP contribution in [0.15, 0.2) is 16.6 Å². The summed E-state index contributed by atoms with van der Waals surface area (Å²) in [4.78, 5) is 11.9. The number of hydrogen-bond donors (Lipinski definition) is 0. The number of fused-ring (bicyclic) bond motifs is 1. The van der Waals surface area contributed by atoms with Gasteiger partial charge in [-0.05, 0) is 17.7 Å². The zero-order chi connectivity index (χ0) is 11.0. The Kier molecular flexibility index (Phi) is 3.16. The second-order valence-electron chi connectivity index (χ2n) is 3.66. The molecule has 0 aliphatic carbocycles. The van der Waals surface area contributed by atoms with Crippen LogP contribution >= 0.6 is 27.7 Å². The van der Waals surface area contributed by atoms with E-state index >= 15 is 0 Å². The molecule has 4 heteroatoms. The number of carbonyl (C=O) groups excluding carboxylic acids is 1. The van der Waals surface area contributed by atoms with Gasteiger partial charge in [0.05, 0.1) is 5.56 Å². The molecule has 0 spiro atoms. The Morgan fingerprint density at radius 1 is 1.53 bits per heavy atom. The van der Waals surface area contributed by atoms with Crippen LogP contribution in [-0.4, -0.2) is 11.5 Å². The Bertz CT molecular complexity index is 419. The van der Waals surface area contributed by atoms with Gasteiger partial charge in [0, 0.05) is 21.9 Å². The van der Waals surface area contributed by atoms with E-state index in [2.05, 4.69) is 15.9 Å². The van der Waals surface area contributed by atoms with Crippen LogP contribution < -0.4 is 0 Å². The molecule has 0 bridgehead atoms. The van der Waals surface area contributed by atoms with Crippen molar-refractivity contribution in [3.05, 3.63) is 33.5 Å². The van der Waals surface area contributed by atoms with E-state index in [1.807, 2.05) is 6.92 Å². The first-order valence-electron chi connectivity index (χ1n) is 4.70. The third-order valence-corrected chi connectivity index (χ3v) is 4.48. The van der Waals surface area contributed by atoms with Crippen molar-refractivity contribution < 1.29 is 9.18 Å². The molecule has 1 aromatic rings. The first-order valence-corrected chi connectivity index (χ1v) is 6.65. The first kappa shape index (κ1) is 11.1. The molecule has 1 atom stereocenters. The molecular weight excluding hydrogens is 279 g/mol. The minimum absolute atomic E-state index is 0.0752. The monoisotopic (exact) mass is 288 g/mol. The fourth-order valence-electron chi connectivity index (χ4n) is 1.66. The maximum atomic E-state index is 13.6. The lowest BCUT2D eigenvalue weighted by Gasteiger charge is -2.09. The van der Waals surface area contributed by atoms with Gasteiger partial charge in [-0.15, -0.1) is 0 Å². The number of carbonyl (C=O) groups is 1. The molecule has 1 unspecified atom stereocenters. The van der Waals surface area contributed by atoms with Crippen molar-refractivity contribution in [2.45, 2.75) is 12.7 Å². The van der Waals surface area contributed by atoms with Gasteiger partial charge >= 0.3 is 0 Å².